The minimum atomic E-state index is -4.15. The van der Waals surface area contributed by atoms with Gasteiger partial charge in [-0.1, -0.05) is 6.42 Å². The second-order valence-corrected chi connectivity index (χ2v) is 8.51. The van der Waals surface area contributed by atoms with E-state index in [1.807, 2.05) is 6.92 Å². The van der Waals surface area contributed by atoms with Gasteiger partial charge in [-0.3, -0.25) is 4.99 Å². The molecule has 2 N–H and O–H groups in total. The van der Waals surface area contributed by atoms with E-state index >= 15 is 0 Å². The molecule has 1 aliphatic carbocycles. The number of hydrogen-bond acceptors (Lipinski definition) is 4. The number of ether oxygens (including phenoxy) is 1. The van der Waals surface area contributed by atoms with Crippen molar-refractivity contribution in [1.29, 1.82) is 0 Å². The summed E-state index contributed by atoms with van der Waals surface area (Å²) in [6, 6.07) is -0.260. The number of halogens is 3. The zero-order valence-electron chi connectivity index (χ0n) is 14.7. The Kier molecular flexibility index (Phi) is 8.98. The van der Waals surface area contributed by atoms with Crippen molar-refractivity contribution >= 4 is 15.8 Å². The van der Waals surface area contributed by atoms with Crippen LogP contribution in [-0.2, 0) is 14.6 Å². The zero-order chi connectivity index (χ0) is 18.9. The smallest absolute Gasteiger partial charge is 0.378 e. The second-order valence-electron chi connectivity index (χ2n) is 6.25. The highest BCUT2D eigenvalue weighted by atomic mass is 32.2. The maximum absolute atomic E-state index is 12.9. The number of hydrogen-bond donors (Lipinski definition) is 2. The first-order chi connectivity index (χ1) is 11.6. The summed E-state index contributed by atoms with van der Waals surface area (Å²) in [5.41, 5.74) is 0. The lowest BCUT2D eigenvalue weighted by atomic mass is 9.85. The Morgan fingerprint density at radius 1 is 1.28 bits per heavy atom. The van der Waals surface area contributed by atoms with Crippen LogP contribution in [0.2, 0.25) is 0 Å². The molecule has 0 amide bonds. The topological polar surface area (TPSA) is 79.8 Å². The van der Waals surface area contributed by atoms with Crippen LogP contribution in [0.4, 0.5) is 13.2 Å². The normalized spacial score (nSPS) is 22.7. The predicted molar refractivity (Wildman–Crippen MR) is 91.4 cm³/mol. The van der Waals surface area contributed by atoms with Crippen molar-refractivity contribution in [2.45, 2.75) is 44.8 Å². The van der Waals surface area contributed by atoms with Gasteiger partial charge in [0.1, 0.15) is 9.84 Å². The van der Waals surface area contributed by atoms with Gasteiger partial charge in [-0.15, -0.1) is 0 Å². The molecule has 0 bridgehead atoms. The van der Waals surface area contributed by atoms with Crippen LogP contribution in [0.5, 0.6) is 0 Å². The van der Waals surface area contributed by atoms with Crippen molar-refractivity contribution in [2.24, 2.45) is 10.9 Å². The molecule has 1 fully saturated rings. The van der Waals surface area contributed by atoms with Crippen molar-refractivity contribution in [3.05, 3.63) is 0 Å². The van der Waals surface area contributed by atoms with E-state index in [0.29, 0.717) is 31.9 Å². The number of alkyl halides is 3. The molecule has 148 valence electrons. The number of rotatable bonds is 8. The first kappa shape index (κ1) is 22.0. The van der Waals surface area contributed by atoms with E-state index in [4.69, 9.17) is 4.74 Å². The third-order valence-electron chi connectivity index (χ3n) is 3.93. The summed E-state index contributed by atoms with van der Waals surface area (Å²) in [7, 11) is -3.05. The van der Waals surface area contributed by atoms with E-state index in [1.165, 1.54) is 0 Å². The molecule has 2 atom stereocenters. The average molecular weight is 387 g/mol. The lowest BCUT2D eigenvalue weighted by Gasteiger charge is -2.31. The van der Waals surface area contributed by atoms with Crippen molar-refractivity contribution < 1.29 is 26.3 Å². The molecule has 0 aromatic heterocycles. The van der Waals surface area contributed by atoms with Crippen molar-refractivity contribution in [3.8, 4) is 0 Å². The van der Waals surface area contributed by atoms with Gasteiger partial charge in [0.2, 0.25) is 0 Å². The van der Waals surface area contributed by atoms with E-state index in [2.05, 4.69) is 15.6 Å². The van der Waals surface area contributed by atoms with Crippen LogP contribution in [0.15, 0.2) is 4.99 Å². The van der Waals surface area contributed by atoms with E-state index in [9.17, 15) is 21.6 Å². The summed E-state index contributed by atoms with van der Waals surface area (Å²) in [4.78, 5) is 4.27. The fraction of sp³-hybridized carbons (Fsp3) is 0.933. The number of sulfone groups is 1. The Balaban J connectivity index is 2.42. The van der Waals surface area contributed by atoms with Crippen LogP contribution < -0.4 is 10.6 Å². The minimum Gasteiger partial charge on any atom is -0.378 e. The van der Waals surface area contributed by atoms with Crippen LogP contribution in [0.25, 0.3) is 0 Å². The van der Waals surface area contributed by atoms with E-state index in [-0.39, 0.29) is 37.9 Å². The maximum Gasteiger partial charge on any atom is 0.391 e. The summed E-state index contributed by atoms with van der Waals surface area (Å²) in [5, 5.41) is 6.07. The molecule has 0 saturated heterocycles. The molecule has 1 rings (SSSR count). The quantitative estimate of drug-likeness (QED) is 0.377. The molecule has 0 heterocycles. The molecule has 25 heavy (non-hydrogen) atoms. The van der Waals surface area contributed by atoms with Crippen molar-refractivity contribution in [1.82, 2.24) is 10.6 Å². The van der Waals surface area contributed by atoms with Crippen LogP contribution in [0.3, 0.4) is 0 Å². The molecular weight excluding hydrogens is 359 g/mol. The summed E-state index contributed by atoms with van der Waals surface area (Å²) in [6.45, 7) is 3.13. The summed E-state index contributed by atoms with van der Waals surface area (Å²) >= 11 is 0. The average Bonchev–Trinajstić information content (AvgIpc) is 2.49. The van der Waals surface area contributed by atoms with Gasteiger partial charge in [-0.25, -0.2) is 8.42 Å². The highest BCUT2D eigenvalue weighted by Crippen LogP contribution is 2.37. The summed E-state index contributed by atoms with van der Waals surface area (Å²) < 4.78 is 65.8. The van der Waals surface area contributed by atoms with Gasteiger partial charge in [-0.05, 0) is 26.2 Å². The fourth-order valence-electron chi connectivity index (χ4n) is 2.67. The fourth-order valence-corrected chi connectivity index (χ4v) is 3.09. The van der Waals surface area contributed by atoms with E-state index < -0.39 is 21.9 Å². The molecule has 10 heteroatoms. The standard InChI is InChI=1S/C15H28F3N3O3S/c1-3-19-14(20-7-8-24-9-10-25(2,22)23)21-13-6-4-5-12(11-13)15(16,17)18/h12-13H,3-11H2,1-2H3,(H2,19,20,21). The first-order valence-corrected chi connectivity index (χ1v) is 10.5. The largest absolute Gasteiger partial charge is 0.391 e. The molecule has 0 aliphatic heterocycles. The van der Waals surface area contributed by atoms with Gasteiger partial charge in [0.05, 0.1) is 31.4 Å². The molecule has 1 saturated carbocycles. The molecule has 2 unspecified atom stereocenters. The van der Waals surface area contributed by atoms with Crippen LogP contribution in [-0.4, -0.2) is 64.9 Å². The number of nitrogens with one attached hydrogen (secondary N) is 2. The molecule has 0 radical (unpaired) electrons. The SMILES string of the molecule is CCNC(=NCCOCCS(C)(=O)=O)NC1CCCC(C(F)(F)F)C1. The number of guanidine groups is 1. The Bertz CT molecular complexity index is 524. The maximum atomic E-state index is 12.9. The van der Waals surface area contributed by atoms with Gasteiger partial charge in [0.25, 0.3) is 0 Å². The number of nitrogens with zero attached hydrogens (tertiary/aromatic N) is 1. The van der Waals surface area contributed by atoms with Gasteiger partial charge < -0.3 is 15.4 Å². The van der Waals surface area contributed by atoms with Gasteiger partial charge in [-0.2, -0.15) is 13.2 Å². The van der Waals surface area contributed by atoms with Gasteiger partial charge >= 0.3 is 6.18 Å². The Labute approximate surface area is 147 Å². The highest BCUT2D eigenvalue weighted by molar-refractivity contribution is 7.90. The van der Waals surface area contributed by atoms with Crippen LogP contribution in [0.1, 0.15) is 32.6 Å². The minimum absolute atomic E-state index is 0.0457. The molecule has 0 aromatic carbocycles. The summed E-state index contributed by atoms with van der Waals surface area (Å²) in [5.74, 6) is -0.848. The molecule has 0 spiro atoms. The molecule has 0 aromatic rings. The third-order valence-corrected chi connectivity index (χ3v) is 4.83. The highest BCUT2D eigenvalue weighted by Gasteiger charge is 2.42. The van der Waals surface area contributed by atoms with E-state index in [0.717, 1.165) is 6.26 Å². The third kappa shape index (κ3) is 9.88. The van der Waals surface area contributed by atoms with Crippen LogP contribution in [0, 0.1) is 5.92 Å². The number of aliphatic imine (C=N–C) groups is 1. The van der Waals surface area contributed by atoms with Crippen LogP contribution >= 0.6 is 0 Å². The Morgan fingerprint density at radius 3 is 2.60 bits per heavy atom. The molecule has 6 nitrogen and oxygen atoms in total. The second kappa shape index (κ2) is 10.2. The van der Waals surface area contributed by atoms with Crippen molar-refractivity contribution in [2.75, 3.05) is 38.3 Å². The van der Waals surface area contributed by atoms with Crippen molar-refractivity contribution in [3.63, 3.8) is 0 Å². The monoisotopic (exact) mass is 387 g/mol. The molecular formula is C15H28F3N3O3S. The first-order valence-electron chi connectivity index (χ1n) is 8.49. The zero-order valence-corrected chi connectivity index (χ0v) is 15.5. The summed E-state index contributed by atoms with van der Waals surface area (Å²) in [6.07, 6.45) is -1.55. The Morgan fingerprint density at radius 2 is 2.00 bits per heavy atom. The lowest BCUT2D eigenvalue weighted by molar-refractivity contribution is -0.183. The lowest BCUT2D eigenvalue weighted by Crippen LogP contribution is -2.47. The Hall–Kier alpha value is -1.03. The van der Waals surface area contributed by atoms with E-state index in [1.54, 1.807) is 0 Å². The van der Waals surface area contributed by atoms with Gasteiger partial charge in [0, 0.05) is 18.8 Å². The predicted octanol–water partition coefficient (Wildman–Crippen LogP) is 1.72. The molecule has 1 aliphatic rings. The van der Waals surface area contributed by atoms with Gasteiger partial charge in [0.15, 0.2) is 5.96 Å².